The Bertz CT molecular complexity index is 533. The van der Waals surface area contributed by atoms with E-state index < -0.39 is 21.7 Å². The second kappa shape index (κ2) is 5.17. The van der Waals surface area contributed by atoms with Gasteiger partial charge in [-0.05, 0) is 45.9 Å². The highest BCUT2D eigenvalue weighted by Crippen LogP contribution is 2.26. The van der Waals surface area contributed by atoms with E-state index in [1.807, 2.05) is 0 Å². The van der Waals surface area contributed by atoms with Gasteiger partial charge in [-0.2, -0.15) is 0 Å². The molecule has 0 heterocycles. The highest BCUT2D eigenvalue weighted by molar-refractivity contribution is 7.89. The van der Waals surface area contributed by atoms with E-state index in [9.17, 15) is 13.5 Å². The van der Waals surface area contributed by atoms with E-state index in [1.54, 1.807) is 20.8 Å². The smallest absolute Gasteiger partial charge is 0.241 e. The average Bonchev–Trinajstić information content (AvgIpc) is 2.13. The monoisotopic (exact) mass is 291 g/mol. The summed E-state index contributed by atoms with van der Waals surface area (Å²) in [5.41, 5.74) is -0.169. The van der Waals surface area contributed by atoms with Crippen molar-refractivity contribution in [3.8, 4) is 0 Å². The zero-order valence-corrected chi connectivity index (χ0v) is 12.4. The van der Waals surface area contributed by atoms with Crippen LogP contribution in [-0.2, 0) is 10.0 Å². The number of aliphatic hydroxyl groups is 1. The van der Waals surface area contributed by atoms with Gasteiger partial charge in [-0.1, -0.05) is 11.6 Å². The molecule has 1 rings (SSSR count). The van der Waals surface area contributed by atoms with E-state index in [-0.39, 0.29) is 4.90 Å². The van der Waals surface area contributed by atoms with E-state index >= 15 is 0 Å². The molecule has 1 atom stereocenters. The molecule has 0 fully saturated rings. The summed E-state index contributed by atoms with van der Waals surface area (Å²) in [7, 11) is -3.61. The number of benzene rings is 1. The molecule has 102 valence electrons. The summed E-state index contributed by atoms with van der Waals surface area (Å²) in [6.07, 6.45) is -0.817. The largest absolute Gasteiger partial charge is 0.389 e. The molecule has 0 radical (unpaired) electrons. The van der Waals surface area contributed by atoms with E-state index in [4.69, 9.17) is 11.6 Å². The number of sulfonamides is 1. The van der Waals surface area contributed by atoms with Crippen LogP contribution in [0, 0.1) is 0 Å². The van der Waals surface area contributed by atoms with E-state index in [2.05, 4.69) is 4.72 Å². The highest BCUT2D eigenvalue weighted by Gasteiger charge is 2.23. The lowest BCUT2D eigenvalue weighted by atomic mass is 10.1. The first kappa shape index (κ1) is 15.4. The van der Waals surface area contributed by atoms with Crippen molar-refractivity contribution < 1.29 is 13.5 Å². The standard InChI is InChI=1S/C12H18ClNO3S/c1-8(15)10-7-9(5-6-11(10)13)18(16,17)14-12(2,3)4/h5-8,14-15H,1-4H3. The summed E-state index contributed by atoms with van der Waals surface area (Å²) < 4.78 is 26.7. The number of nitrogens with one attached hydrogen (secondary N) is 1. The van der Waals surface area contributed by atoms with Crippen LogP contribution in [0.1, 0.15) is 39.4 Å². The Kier molecular flexibility index (Phi) is 4.43. The van der Waals surface area contributed by atoms with Crippen LogP contribution in [0.2, 0.25) is 5.02 Å². The summed E-state index contributed by atoms with van der Waals surface area (Å²) in [5, 5.41) is 9.87. The molecule has 1 unspecified atom stereocenters. The van der Waals surface area contributed by atoms with Crippen LogP contribution >= 0.6 is 11.6 Å². The fourth-order valence-electron chi connectivity index (χ4n) is 1.47. The highest BCUT2D eigenvalue weighted by atomic mass is 35.5. The molecule has 1 aromatic carbocycles. The van der Waals surface area contributed by atoms with Crippen molar-refractivity contribution >= 4 is 21.6 Å². The summed E-state index contributed by atoms with van der Waals surface area (Å²) >= 11 is 5.90. The van der Waals surface area contributed by atoms with Gasteiger partial charge in [-0.3, -0.25) is 0 Å². The minimum atomic E-state index is -3.61. The summed E-state index contributed by atoms with van der Waals surface area (Å²) in [6.45, 7) is 6.82. The molecule has 0 aliphatic carbocycles. The van der Waals surface area contributed by atoms with Crippen molar-refractivity contribution in [1.82, 2.24) is 4.72 Å². The molecule has 0 aliphatic rings. The van der Waals surface area contributed by atoms with Crippen LogP contribution in [0.3, 0.4) is 0 Å². The van der Waals surface area contributed by atoms with Gasteiger partial charge in [0.2, 0.25) is 10.0 Å². The Morgan fingerprint density at radius 3 is 2.33 bits per heavy atom. The molecule has 0 aliphatic heterocycles. The third-order valence-corrected chi connectivity index (χ3v) is 4.27. The SMILES string of the molecule is CC(O)c1cc(S(=O)(=O)NC(C)(C)C)ccc1Cl. The first-order valence-electron chi connectivity index (χ1n) is 5.54. The minimum absolute atomic E-state index is 0.0951. The number of hydrogen-bond acceptors (Lipinski definition) is 3. The molecule has 6 heteroatoms. The van der Waals surface area contributed by atoms with Gasteiger partial charge >= 0.3 is 0 Å². The fraction of sp³-hybridized carbons (Fsp3) is 0.500. The van der Waals surface area contributed by atoms with Gasteiger partial charge in [-0.15, -0.1) is 0 Å². The molecule has 1 aromatic rings. The molecule has 0 spiro atoms. The average molecular weight is 292 g/mol. The van der Waals surface area contributed by atoms with Crippen molar-refractivity contribution in [2.45, 2.75) is 44.2 Å². The van der Waals surface area contributed by atoms with Gasteiger partial charge < -0.3 is 5.11 Å². The summed E-state index contributed by atoms with van der Waals surface area (Å²) in [4.78, 5) is 0.0951. The van der Waals surface area contributed by atoms with Crippen molar-refractivity contribution in [3.63, 3.8) is 0 Å². The predicted octanol–water partition coefficient (Wildman–Crippen LogP) is 2.47. The molecular formula is C12H18ClNO3S. The summed E-state index contributed by atoms with van der Waals surface area (Å²) in [5.74, 6) is 0. The molecule has 2 N–H and O–H groups in total. The normalized spacial score (nSPS) is 14.6. The Labute approximate surface area is 113 Å². The van der Waals surface area contributed by atoms with Gasteiger partial charge in [0.15, 0.2) is 0 Å². The molecule has 0 bridgehead atoms. The maximum absolute atomic E-state index is 12.1. The maximum Gasteiger partial charge on any atom is 0.241 e. The van der Waals surface area contributed by atoms with Gasteiger partial charge in [0.1, 0.15) is 0 Å². The maximum atomic E-state index is 12.1. The molecule has 0 amide bonds. The first-order chi connectivity index (χ1) is 8.03. The van der Waals surface area contributed by atoms with Gasteiger partial charge in [0, 0.05) is 16.1 Å². The molecule has 0 saturated heterocycles. The second-order valence-electron chi connectivity index (χ2n) is 5.21. The summed E-state index contributed by atoms with van der Waals surface area (Å²) in [6, 6.07) is 4.28. The second-order valence-corrected chi connectivity index (χ2v) is 7.30. The zero-order chi connectivity index (χ0) is 14.1. The van der Waals surface area contributed by atoms with Crippen molar-refractivity contribution in [3.05, 3.63) is 28.8 Å². The Morgan fingerprint density at radius 2 is 1.89 bits per heavy atom. The van der Waals surface area contributed by atoms with Crippen LogP contribution in [-0.4, -0.2) is 19.1 Å². The molecule has 4 nitrogen and oxygen atoms in total. The molecule has 0 aromatic heterocycles. The first-order valence-corrected chi connectivity index (χ1v) is 7.40. The van der Waals surface area contributed by atoms with E-state index in [1.165, 1.54) is 25.1 Å². The molecule has 0 saturated carbocycles. The number of aliphatic hydroxyl groups excluding tert-OH is 1. The van der Waals surface area contributed by atoms with Gasteiger partial charge in [-0.25, -0.2) is 13.1 Å². The van der Waals surface area contributed by atoms with Crippen LogP contribution in [0.15, 0.2) is 23.1 Å². The molecule has 18 heavy (non-hydrogen) atoms. The fourth-order valence-corrected chi connectivity index (χ4v) is 3.20. The lowest BCUT2D eigenvalue weighted by Crippen LogP contribution is -2.40. The quantitative estimate of drug-likeness (QED) is 0.899. The van der Waals surface area contributed by atoms with Crippen molar-refractivity contribution in [1.29, 1.82) is 0 Å². The van der Waals surface area contributed by atoms with Crippen LogP contribution in [0.25, 0.3) is 0 Å². The van der Waals surface area contributed by atoms with Crippen molar-refractivity contribution in [2.75, 3.05) is 0 Å². The number of halogens is 1. The zero-order valence-electron chi connectivity index (χ0n) is 10.9. The predicted molar refractivity (Wildman–Crippen MR) is 72.2 cm³/mol. The van der Waals surface area contributed by atoms with Gasteiger partial charge in [0.05, 0.1) is 11.0 Å². The van der Waals surface area contributed by atoms with Crippen LogP contribution < -0.4 is 4.72 Å². The van der Waals surface area contributed by atoms with E-state index in [0.29, 0.717) is 10.6 Å². The number of hydrogen-bond donors (Lipinski definition) is 2. The Morgan fingerprint density at radius 1 is 1.33 bits per heavy atom. The van der Waals surface area contributed by atoms with Crippen LogP contribution in [0.5, 0.6) is 0 Å². The Balaban J connectivity index is 3.22. The Hall–Kier alpha value is -0.620. The lowest BCUT2D eigenvalue weighted by Gasteiger charge is -2.21. The van der Waals surface area contributed by atoms with E-state index in [0.717, 1.165) is 0 Å². The number of rotatable bonds is 3. The molecular weight excluding hydrogens is 274 g/mol. The topological polar surface area (TPSA) is 66.4 Å². The van der Waals surface area contributed by atoms with Gasteiger partial charge in [0.25, 0.3) is 0 Å². The lowest BCUT2D eigenvalue weighted by molar-refractivity contribution is 0.199. The third kappa shape index (κ3) is 3.95. The van der Waals surface area contributed by atoms with Crippen LogP contribution in [0.4, 0.5) is 0 Å². The minimum Gasteiger partial charge on any atom is -0.389 e. The third-order valence-electron chi connectivity index (χ3n) is 2.17. The van der Waals surface area contributed by atoms with Crippen molar-refractivity contribution in [2.24, 2.45) is 0 Å².